The third-order valence-corrected chi connectivity index (χ3v) is 3.74. The van der Waals surface area contributed by atoms with E-state index in [1.54, 1.807) is 0 Å². The predicted molar refractivity (Wildman–Crippen MR) is 82.6 cm³/mol. The van der Waals surface area contributed by atoms with E-state index in [0.717, 1.165) is 19.6 Å². The van der Waals surface area contributed by atoms with Crippen LogP contribution in [-0.2, 0) is 13.1 Å². The van der Waals surface area contributed by atoms with E-state index in [1.165, 1.54) is 20.4 Å². The molecule has 0 saturated carbocycles. The van der Waals surface area contributed by atoms with Crippen LogP contribution >= 0.6 is 22.6 Å². The van der Waals surface area contributed by atoms with Crippen LogP contribution in [0.15, 0.2) is 30.5 Å². The Morgan fingerprint density at radius 2 is 2.00 bits per heavy atom. The molecule has 96 valence electrons. The Labute approximate surface area is 122 Å². The number of benzene rings is 1. The molecular formula is C14H18IN3. The van der Waals surface area contributed by atoms with Gasteiger partial charge in [0.15, 0.2) is 0 Å². The summed E-state index contributed by atoms with van der Waals surface area (Å²) in [5, 5.41) is 7.80. The van der Waals surface area contributed by atoms with Crippen molar-refractivity contribution in [1.29, 1.82) is 0 Å². The number of nitrogens with zero attached hydrogens (tertiary/aromatic N) is 2. The summed E-state index contributed by atoms with van der Waals surface area (Å²) in [6.45, 7) is 6.98. The summed E-state index contributed by atoms with van der Waals surface area (Å²) in [4.78, 5) is 0. The first-order chi connectivity index (χ1) is 8.70. The van der Waals surface area contributed by atoms with Crippen molar-refractivity contribution in [3.05, 3.63) is 50.9 Å². The van der Waals surface area contributed by atoms with Crippen LogP contribution in [-0.4, -0.2) is 16.3 Å². The Balaban J connectivity index is 2.09. The van der Waals surface area contributed by atoms with Gasteiger partial charge in [-0.3, -0.25) is 4.68 Å². The first kappa shape index (κ1) is 13.5. The number of halogens is 1. The summed E-state index contributed by atoms with van der Waals surface area (Å²) in [5.74, 6) is 0. The average molecular weight is 355 g/mol. The van der Waals surface area contributed by atoms with E-state index >= 15 is 0 Å². The van der Waals surface area contributed by atoms with E-state index in [-0.39, 0.29) is 0 Å². The Bertz CT molecular complexity index is 502. The molecule has 0 bridgehead atoms. The van der Waals surface area contributed by atoms with Crippen molar-refractivity contribution in [3.63, 3.8) is 0 Å². The number of nitrogens with one attached hydrogen (secondary N) is 1. The molecule has 0 spiro atoms. The SMILES string of the molecule is CCNCc1cnn(Cc2ccc(I)cc2)c1C. The smallest absolute Gasteiger partial charge is 0.0662 e. The molecule has 0 fully saturated rings. The molecule has 0 aliphatic rings. The van der Waals surface area contributed by atoms with Crippen molar-refractivity contribution in [2.45, 2.75) is 26.9 Å². The molecule has 0 aliphatic carbocycles. The van der Waals surface area contributed by atoms with Crippen LogP contribution in [0.5, 0.6) is 0 Å². The Morgan fingerprint density at radius 3 is 2.67 bits per heavy atom. The van der Waals surface area contributed by atoms with Gasteiger partial charge >= 0.3 is 0 Å². The lowest BCUT2D eigenvalue weighted by atomic mass is 10.2. The Hall–Kier alpha value is -0.880. The Morgan fingerprint density at radius 1 is 1.28 bits per heavy atom. The molecule has 2 aromatic rings. The van der Waals surface area contributed by atoms with Crippen molar-refractivity contribution >= 4 is 22.6 Å². The highest BCUT2D eigenvalue weighted by molar-refractivity contribution is 14.1. The third-order valence-electron chi connectivity index (χ3n) is 3.02. The van der Waals surface area contributed by atoms with E-state index in [2.05, 4.69) is 75.8 Å². The second-order valence-corrected chi connectivity index (χ2v) is 5.57. The summed E-state index contributed by atoms with van der Waals surface area (Å²) < 4.78 is 3.33. The van der Waals surface area contributed by atoms with Crippen LogP contribution in [0.4, 0.5) is 0 Å². The highest BCUT2D eigenvalue weighted by Crippen LogP contribution is 2.12. The van der Waals surface area contributed by atoms with Gasteiger partial charge in [0.2, 0.25) is 0 Å². The molecule has 0 amide bonds. The number of aromatic nitrogens is 2. The fraction of sp³-hybridized carbons (Fsp3) is 0.357. The number of hydrogen-bond donors (Lipinski definition) is 1. The lowest BCUT2D eigenvalue weighted by Crippen LogP contribution is -2.12. The quantitative estimate of drug-likeness (QED) is 0.836. The van der Waals surface area contributed by atoms with Gasteiger partial charge in [-0.25, -0.2) is 0 Å². The first-order valence-corrected chi connectivity index (χ1v) is 7.25. The van der Waals surface area contributed by atoms with E-state index in [0.29, 0.717) is 0 Å². The van der Waals surface area contributed by atoms with Gasteiger partial charge in [0.05, 0.1) is 12.7 Å². The molecule has 0 radical (unpaired) electrons. The third kappa shape index (κ3) is 3.32. The second-order valence-electron chi connectivity index (χ2n) is 4.32. The predicted octanol–water partition coefficient (Wildman–Crippen LogP) is 2.95. The van der Waals surface area contributed by atoms with E-state index < -0.39 is 0 Å². The van der Waals surface area contributed by atoms with Crippen molar-refractivity contribution < 1.29 is 0 Å². The van der Waals surface area contributed by atoms with Crippen molar-refractivity contribution in [2.24, 2.45) is 0 Å². The summed E-state index contributed by atoms with van der Waals surface area (Å²) in [6, 6.07) is 8.59. The minimum Gasteiger partial charge on any atom is -0.313 e. The second kappa shape index (κ2) is 6.33. The zero-order valence-electron chi connectivity index (χ0n) is 10.8. The monoisotopic (exact) mass is 355 g/mol. The molecule has 0 atom stereocenters. The average Bonchev–Trinajstić information content (AvgIpc) is 2.71. The molecule has 0 saturated heterocycles. The molecule has 1 aromatic carbocycles. The lowest BCUT2D eigenvalue weighted by Gasteiger charge is -2.06. The summed E-state index contributed by atoms with van der Waals surface area (Å²) >= 11 is 2.32. The van der Waals surface area contributed by atoms with Gasteiger partial charge in [-0.15, -0.1) is 0 Å². The molecule has 2 rings (SSSR count). The molecule has 1 aromatic heterocycles. The number of hydrogen-bond acceptors (Lipinski definition) is 2. The summed E-state index contributed by atoms with van der Waals surface area (Å²) in [6.07, 6.45) is 1.96. The first-order valence-electron chi connectivity index (χ1n) is 6.17. The van der Waals surface area contributed by atoms with E-state index in [4.69, 9.17) is 0 Å². The van der Waals surface area contributed by atoms with Crippen molar-refractivity contribution in [2.75, 3.05) is 6.54 Å². The number of rotatable bonds is 5. The van der Waals surface area contributed by atoms with Crippen LogP contribution in [0.1, 0.15) is 23.7 Å². The van der Waals surface area contributed by atoms with Gasteiger partial charge in [-0.05, 0) is 53.8 Å². The fourth-order valence-electron chi connectivity index (χ4n) is 1.84. The molecular weight excluding hydrogens is 337 g/mol. The van der Waals surface area contributed by atoms with Crippen LogP contribution in [0, 0.1) is 10.5 Å². The molecule has 1 heterocycles. The lowest BCUT2D eigenvalue weighted by molar-refractivity contribution is 0.659. The standard InChI is InChI=1S/C14H18IN3/c1-3-16-8-13-9-17-18(11(13)2)10-12-4-6-14(15)7-5-12/h4-7,9,16H,3,8,10H2,1-2H3. The maximum Gasteiger partial charge on any atom is 0.0662 e. The van der Waals surface area contributed by atoms with Gasteiger partial charge in [0.25, 0.3) is 0 Å². The van der Waals surface area contributed by atoms with Gasteiger partial charge in [-0.2, -0.15) is 5.10 Å². The highest BCUT2D eigenvalue weighted by Gasteiger charge is 2.06. The minimum absolute atomic E-state index is 0.842. The fourth-order valence-corrected chi connectivity index (χ4v) is 2.20. The van der Waals surface area contributed by atoms with Crippen LogP contribution < -0.4 is 5.32 Å². The maximum absolute atomic E-state index is 4.46. The molecule has 3 nitrogen and oxygen atoms in total. The topological polar surface area (TPSA) is 29.9 Å². The van der Waals surface area contributed by atoms with Crippen molar-refractivity contribution in [1.82, 2.24) is 15.1 Å². The highest BCUT2D eigenvalue weighted by atomic mass is 127. The van der Waals surface area contributed by atoms with E-state index in [1.807, 2.05) is 6.20 Å². The van der Waals surface area contributed by atoms with Gasteiger partial charge in [0, 0.05) is 21.4 Å². The molecule has 1 N–H and O–H groups in total. The summed E-state index contributed by atoms with van der Waals surface area (Å²) in [5.41, 5.74) is 3.81. The molecule has 0 aliphatic heterocycles. The molecule has 18 heavy (non-hydrogen) atoms. The van der Waals surface area contributed by atoms with Gasteiger partial charge in [0.1, 0.15) is 0 Å². The molecule has 0 unspecified atom stereocenters. The van der Waals surface area contributed by atoms with Crippen LogP contribution in [0.3, 0.4) is 0 Å². The molecule has 4 heteroatoms. The van der Waals surface area contributed by atoms with Crippen LogP contribution in [0.25, 0.3) is 0 Å². The summed E-state index contributed by atoms with van der Waals surface area (Å²) in [7, 11) is 0. The maximum atomic E-state index is 4.46. The minimum atomic E-state index is 0.842. The van der Waals surface area contributed by atoms with E-state index in [9.17, 15) is 0 Å². The van der Waals surface area contributed by atoms with Crippen molar-refractivity contribution in [3.8, 4) is 0 Å². The van der Waals surface area contributed by atoms with Crippen LogP contribution in [0.2, 0.25) is 0 Å². The normalized spacial score (nSPS) is 10.8. The van der Waals surface area contributed by atoms with Gasteiger partial charge in [-0.1, -0.05) is 19.1 Å². The Kier molecular flexibility index (Phi) is 4.77. The van der Waals surface area contributed by atoms with Gasteiger partial charge < -0.3 is 5.32 Å². The zero-order valence-corrected chi connectivity index (χ0v) is 12.9. The largest absolute Gasteiger partial charge is 0.313 e. The zero-order chi connectivity index (χ0) is 13.0.